The van der Waals surface area contributed by atoms with Crippen molar-refractivity contribution in [1.82, 2.24) is 14.1 Å². The molecule has 1 N–H and O–H groups in total. The molecule has 0 saturated heterocycles. The number of rotatable bonds is 9. The third kappa shape index (κ3) is 5.86. The Labute approximate surface area is 236 Å². The molecule has 12 heteroatoms. The molecule has 9 nitrogen and oxygen atoms in total. The van der Waals surface area contributed by atoms with Crippen LogP contribution in [0.2, 0.25) is 5.02 Å². The van der Waals surface area contributed by atoms with Crippen LogP contribution in [0.25, 0.3) is 15.9 Å². The zero-order valence-corrected chi connectivity index (χ0v) is 24.6. The molecular formula is C27H29ClN4O5S2. The maximum atomic E-state index is 13.0. The van der Waals surface area contributed by atoms with E-state index in [-0.39, 0.29) is 4.90 Å². The van der Waals surface area contributed by atoms with E-state index in [2.05, 4.69) is 10.4 Å². The standard InChI is InChI=1S/C27H29ClN4O5S2/c1-6-31(7-2)39(35,36)24-14-20(11-8-16(24)3)29-25(33)18(5)37-27(34)23-15-22-17(4)30-32(26(22)38-23)21-12-9-19(28)10-13-21/h8-15,18H,6-7H2,1-5H3,(H,29,33)/t18-/m1/s1. The molecule has 2 aromatic carbocycles. The smallest absolute Gasteiger partial charge is 0.349 e. The summed E-state index contributed by atoms with van der Waals surface area (Å²) in [5.74, 6) is -1.22. The second-order valence-electron chi connectivity index (χ2n) is 8.91. The Morgan fingerprint density at radius 3 is 2.41 bits per heavy atom. The SMILES string of the molecule is CCN(CC)S(=O)(=O)c1cc(NC(=O)[C@@H](C)OC(=O)c2cc3c(C)nn(-c4ccc(Cl)cc4)c3s2)ccc1C. The molecule has 0 bridgehead atoms. The van der Waals surface area contributed by atoms with Gasteiger partial charge in [0.2, 0.25) is 10.0 Å². The maximum absolute atomic E-state index is 13.0. The fraction of sp³-hybridized carbons (Fsp3) is 0.296. The van der Waals surface area contributed by atoms with Crippen LogP contribution in [0.4, 0.5) is 5.69 Å². The number of hydrogen-bond donors (Lipinski definition) is 1. The van der Waals surface area contributed by atoms with E-state index >= 15 is 0 Å². The first kappa shape index (κ1) is 28.8. The molecule has 0 unspecified atom stereocenters. The summed E-state index contributed by atoms with van der Waals surface area (Å²) in [4.78, 5) is 27.0. The molecule has 1 amide bonds. The molecule has 39 heavy (non-hydrogen) atoms. The van der Waals surface area contributed by atoms with E-state index in [1.807, 2.05) is 19.1 Å². The fourth-order valence-corrected chi connectivity index (χ4v) is 6.98. The summed E-state index contributed by atoms with van der Waals surface area (Å²) >= 11 is 7.22. The summed E-state index contributed by atoms with van der Waals surface area (Å²) in [5.41, 5.74) is 2.40. The molecule has 4 aromatic rings. The zero-order chi connectivity index (χ0) is 28.5. The van der Waals surface area contributed by atoms with Crippen molar-refractivity contribution in [2.75, 3.05) is 18.4 Å². The molecule has 0 aliphatic heterocycles. The summed E-state index contributed by atoms with van der Waals surface area (Å²) in [5, 5.41) is 8.63. The van der Waals surface area contributed by atoms with Gasteiger partial charge in [-0.1, -0.05) is 31.5 Å². The molecule has 0 spiro atoms. The average molecular weight is 589 g/mol. The van der Waals surface area contributed by atoms with Crippen LogP contribution in [0.1, 0.15) is 41.7 Å². The van der Waals surface area contributed by atoms with E-state index in [0.717, 1.165) is 21.6 Å². The first-order valence-electron chi connectivity index (χ1n) is 12.3. The van der Waals surface area contributed by atoms with Gasteiger partial charge in [-0.05, 0) is 68.8 Å². The summed E-state index contributed by atoms with van der Waals surface area (Å²) in [7, 11) is -3.72. The normalized spacial score (nSPS) is 12.6. The van der Waals surface area contributed by atoms with E-state index in [9.17, 15) is 18.0 Å². The molecule has 2 aromatic heterocycles. The van der Waals surface area contributed by atoms with Crippen molar-refractivity contribution in [3.8, 4) is 5.69 Å². The number of aryl methyl sites for hydroxylation is 2. The topological polar surface area (TPSA) is 111 Å². The number of hydrogen-bond acceptors (Lipinski definition) is 7. The molecule has 4 rings (SSSR count). The number of amides is 1. The highest BCUT2D eigenvalue weighted by molar-refractivity contribution is 7.89. The third-order valence-corrected chi connectivity index (χ3v) is 9.78. The minimum Gasteiger partial charge on any atom is -0.448 e. The van der Waals surface area contributed by atoms with Gasteiger partial charge >= 0.3 is 5.97 Å². The van der Waals surface area contributed by atoms with E-state index in [1.54, 1.807) is 55.8 Å². The van der Waals surface area contributed by atoms with Gasteiger partial charge < -0.3 is 10.1 Å². The fourth-order valence-electron chi connectivity index (χ4n) is 4.08. The predicted molar refractivity (Wildman–Crippen MR) is 153 cm³/mol. The number of thiophene rings is 1. The lowest BCUT2D eigenvalue weighted by Crippen LogP contribution is -2.32. The first-order chi connectivity index (χ1) is 18.5. The van der Waals surface area contributed by atoms with Crippen LogP contribution in [0.3, 0.4) is 0 Å². The van der Waals surface area contributed by atoms with Gasteiger partial charge in [-0.3, -0.25) is 4.79 Å². The number of anilines is 1. The highest BCUT2D eigenvalue weighted by Crippen LogP contribution is 2.31. The van der Waals surface area contributed by atoms with Crippen LogP contribution in [0, 0.1) is 13.8 Å². The third-order valence-electron chi connectivity index (χ3n) is 6.25. The van der Waals surface area contributed by atoms with Crippen molar-refractivity contribution in [3.05, 3.63) is 69.7 Å². The number of carbonyl (C=O) groups excluding carboxylic acids is 2. The van der Waals surface area contributed by atoms with Crippen molar-refractivity contribution in [1.29, 1.82) is 0 Å². The number of esters is 1. The number of nitrogens with one attached hydrogen (secondary N) is 1. The van der Waals surface area contributed by atoms with Crippen LogP contribution >= 0.6 is 22.9 Å². The molecular weight excluding hydrogens is 560 g/mol. The van der Waals surface area contributed by atoms with Crippen molar-refractivity contribution < 1.29 is 22.7 Å². The largest absolute Gasteiger partial charge is 0.448 e. The molecule has 0 radical (unpaired) electrons. The minimum atomic E-state index is -3.72. The van der Waals surface area contributed by atoms with E-state index < -0.39 is 28.0 Å². The summed E-state index contributed by atoms with van der Waals surface area (Å²) < 4.78 is 34.6. The molecule has 1 atom stereocenters. The van der Waals surface area contributed by atoms with Crippen LogP contribution in [0.15, 0.2) is 53.4 Å². The average Bonchev–Trinajstić information content (AvgIpc) is 3.47. The number of carbonyl (C=O) groups is 2. The van der Waals surface area contributed by atoms with Gasteiger partial charge in [0.15, 0.2) is 6.10 Å². The Hall–Kier alpha value is -3.25. The molecule has 0 aliphatic carbocycles. The summed E-state index contributed by atoms with van der Waals surface area (Å²) in [6, 6.07) is 13.6. The van der Waals surface area contributed by atoms with Gasteiger partial charge in [0.05, 0.1) is 16.3 Å². The number of benzene rings is 2. The molecule has 0 fully saturated rings. The predicted octanol–water partition coefficient (Wildman–Crippen LogP) is 5.57. The number of sulfonamides is 1. The number of nitrogens with zero attached hydrogens (tertiary/aromatic N) is 3. The van der Waals surface area contributed by atoms with Crippen LogP contribution < -0.4 is 5.32 Å². The highest BCUT2D eigenvalue weighted by atomic mass is 35.5. The molecule has 0 aliphatic rings. The van der Waals surface area contributed by atoms with Crippen LogP contribution in [-0.2, 0) is 19.6 Å². The van der Waals surface area contributed by atoms with Gasteiger partial charge in [-0.25, -0.2) is 17.9 Å². The van der Waals surface area contributed by atoms with Crippen molar-refractivity contribution >= 4 is 60.7 Å². The van der Waals surface area contributed by atoms with Crippen molar-refractivity contribution in [2.24, 2.45) is 0 Å². The molecule has 2 heterocycles. The van der Waals surface area contributed by atoms with Gasteiger partial charge in [0.1, 0.15) is 9.71 Å². The van der Waals surface area contributed by atoms with Gasteiger partial charge in [-0.2, -0.15) is 9.40 Å². The lowest BCUT2D eigenvalue weighted by Gasteiger charge is -2.20. The lowest BCUT2D eigenvalue weighted by atomic mass is 10.2. The first-order valence-corrected chi connectivity index (χ1v) is 15.0. The lowest BCUT2D eigenvalue weighted by molar-refractivity contribution is -0.123. The number of fused-ring (bicyclic) bond motifs is 1. The number of ether oxygens (including phenoxy) is 1. The Bertz CT molecular complexity index is 1640. The Balaban J connectivity index is 1.50. The molecule has 0 saturated carbocycles. The molecule has 206 valence electrons. The number of halogens is 1. The van der Waals surface area contributed by atoms with Gasteiger partial charge in [-0.15, -0.1) is 11.3 Å². The number of aromatic nitrogens is 2. The monoisotopic (exact) mass is 588 g/mol. The quantitative estimate of drug-likeness (QED) is 0.256. The van der Waals surface area contributed by atoms with Crippen molar-refractivity contribution in [3.63, 3.8) is 0 Å². The summed E-state index contributed by atoms with van der Waals surface area (Å²) in [6.45, 7) is 9.21. The summed E-state index contributed by atoms with van der Waals surface area (Å²) in [6.07, 6.45) is -1.12. The minimum absolute atomic E-state index is 0.115. The van der Waals surface area contributed by atoms with Gasteiger partial charge in [0, 0.05) is 29.2 Å². The highest BCUT2D eigenvalue weighted by Gasteiger charge is 2.26. The second-order valence-corrected chi connectivity index (χ2v) is 12.3. The van der Waals surface area contributed by atoms with Crippen LogP contribution in [0.5, 0.6) is 0 Å². The second kappa shape index (κ2) is 11.5. The van der Waals surface area contributed by atoms with E-state index in [4.69, 9.17) is 16.3 Å². The zero-order valence-electron chi connectivity index (χ0n) is 22.2. The van der Waals surface area contributed by atoms with Crippen molar-refractivity contribution in [2.45, 2.75) is 45.6 Å². The Morgan fingerprint density at radius 2 is 1.77 bits per heavy atom. The maximum Gasteiger partial charge on any atom is 0.349 e. The Morgan fingerprint density at radius 1 is 1.10 bits per heavy atom. The van der Waals surface area contributed by atoms with E-state index in [1.165, 1.54) is 28.6 Å². The van der Waals surface area contributed by atoms with E-state index in [0.29, 0.717) is 34.2 Å². The van der Waals surface area contributed by atoms with Gasteiger partial charge in [0.25, 0.3) is 5.91 Å². The Kier molecular flexibility index (Phi) is 8.45. The van der Waals surface area contributed by atoms with Crippen LogP contribution in [-0.4, -0.2) is 53.6 Å².